The summed E-state index contributed by atoms with van der Waals surface area (Å²) in [6.07, 6.45) is 0.767. The van der Waals surface area contributed by atoms with Crippen LogP contribution in [0.15, 0.2) is 48.5 Å². The SMILES string of the molecule is CCOc1ccc(N2C(=O)[C@H](CC(=O)Nc3ccc(F)cc3)N(CCCN3CCN(C)CC3)C2=S)cc1. The van der Waals surface area contributed by atoms with Gasteiger partial charge in [-0.3, -0.25) is 14.5 Å². The Bertz CT molecular complexity index is 1090. The number of rotatable bonds is 10. The van der Waals surface area contributed by atoms with E-state index < -0.39 is 6.04 Å². The average Bonchev–Trinajstić information content (AvgIpc) is 3.11. The summed E-state index contributed by atoms with van der Waals surface area (Å²) in [4.78, 5) is 34.6. The predicted octanol–water partition coefficient (Wildman–Crippen LogP) is 3.19. The number of piperazine rings is 1. The Hall–Kier alpha value is -3.08. The largest absolute Gasteiger partial charge is 0.494 e. The first-order valence-electron chi connectivity index (χ1n) is 12.7. The van der Waals surface area contributed by atoms with Crippen LogP contribution in [0.2, 0.25) is 0 Å². The van der Waals surface area contributed by atoms with E-state index in [4.69, 9.17) is 17.0 Å². The second-order valence-electron chi connectivity index (χ2n) is 9.35. The number of ether oxygens (including phenoxy) is 1. The molecule has 0 saturated carbocycles. The first kappa shape index (κ1) is 27.0. The highest BCUT2D eigenvalue weighted by Crippen LogP contribution is 2.29. The Morgan fingerprint density at radius 1 is 1.05 bits per heavy atom. The van der Waals surface area contributed by atoms with Crippen molar-refractivity contribution >= 4 is 40.5 Å². The molecular formula is C27H34FN5O3S. The van der Waals surface area contributed by atoms with Gasteiger partial charge in [0.25, 0.3) is 5.91 Å². The lowest BCUT2D eigenvalue weighted by Gasteiger charge is -2.33. The van der Waals surface area contributed by atoms with E-state index in [0.717, 1.165) is 39.1 Å². The number of nitrogens with zero attached hydrogens (tertiary/aromatic N) is 4. The van der Waals surface area contributed by atoms with Gasteiger partial charge >= 0.3 is 0 Å². The summed E-state index contributed by atoms with van der Waals surface area (Å²) >= 11 is 5.77. The molecule has 1 atom stereocenters. The number of likely N-dealkylation sites (N-methyl/N-ethyl adjacent to an activating group) is 1. The average molecular weight is 528 g/mol. The molecule has 2 heterocycles. The number of thiocarbonyl (C=S) groups is 1. The molecule has 4 rings (SSSR count). The minimum atomic E-state index is -0.716. The molecule has 10 heteroatoms. The molecule has 37 heavy (non-hydrogen) atoms. The van der Waals surface area contributed by atoms with E-state index in [-0.39, 0.29) is 24.1 Å². The number of carbonyl (C=O) groups excluding carboxylic acids is 2. The second-order valence-corrected chi connectivity index (χ2v) is 9.72. The number of hydrogen-bond donors (Lipinski definition) is 1. The predicted molar refractivity (Wildman–Crippen MR) is 146 cm³/mol. The van der Waals surface area contributed by atoms with Gasteiger partial charge in [0.1, 0.15) is 17.6 Å². The monoisotopic (exact) mass is 527 g/mol. The van der Waals surface area contributed by atoms with Crippen molar-refractivity contribution in [1.82, 2.24) is 14.7 Å². The van der Waals surface area contributed by atoms with Crippen LogP contribution in [0.25, 0.3) is 0 Å². The fourth-order valence-corrected chi connectivity index (χ4v) is 5.05. The standard InChI is InChI=1S/C27H34FN5O3S/c1-3-36-23-11-9-22(10-12-23)33-26(35)24(19-25(34)29-21-7-5-20(28)6-8-21)32(27(33)37)14-4-13-31-17-15-30(2)16-18-31/h5-12,24H,3-4,13-19H2,1-2H3,(H,29,34)/t24-/m0/s1. The van der Waals surface area contributed by atoms with Gasteiger partial charge in [0.15, 0.2) is 5.11 Å². The van der Waals surface area contributed by atoms with Crippen LogP contribution in [-0.2, 0) is 9.59 Å². The van der Waals surface area contributed by atoms with Crippen molar-refractivity contribution in [3.8, 4) is 5.75 Å². The Balaban J connectivity index is 1.47. The molecule has 0 unspecified atom stereocenters. The van der Waals surface area contributed by atoms with E-state index in [1.54, 1.807) is 24.3 Å². The van der Waals surface area contributed by atoms with Crippen LogP contribution >= 0.6 is 12.2 Å². The molecular weight excluding hydrogens is 493 g/mol. The lowest BCUT2D eigenvalue weighted by atomic mass is 10.1. The van der Waals surface area contributed by atoms with Gasteiger partial charge in [-0.25, -0.2) is 4.39 Å². The number of benzene rings is 2. The van der Waals surface area contributed by atoms with Crippen LogP contribution < -0.4 is 15.0 Å². The summed E-state index contributed by atoms with van der Waals surface area (Å²) in [7, 11) is 2.13. The molecule has 0 spiro atoms. The Labute approximate surface area is 223 Å². The molecule has 2 fully saturated rings. The van der Waals surface area contributed by atoms with Crippen molar-refractivity contribution < 1.29 is 18.7 Å². The third-order valence-electron chi connectivity index (χ3n) is 6.70. The van der Waals surface area contributed by atoms with Crippen molar-refractivity contribution in [2.45, 2.75) is 25.8 Å². The Morgan fingerprint density at radius 2 is 1.73 bits per heavy atom. The Morgan fingerprint density at radius 3 is 2.38 bits per heavy atom. The van der Waals surface area contributed by atoms with E-state index in [2.05, 4.69) is 22.2 Å². The molecule has 0 radical (unpaired) electrons. The fourth-order valence-electron chi connectivity index (χ4n) is 4.64. The first-order valence-corrected chi connectivity index (χ1v) is 13.1. The molecule has 0 aromatic heterocycles. The second kappa shape index (κ2) is 12.4. The number of carbonyl (C=O) groups is 2. The molecule has 1 N–H and O–H groups in total. The molecule has 2 aliphatic heterocycles. The minimum absolute atomic E-state index is 0.0572. The van der Waals surface area contributed by atoms with Crippen molar-refractivity contribution in [3.05, 3.63) is 54.3 Å². The quantitative estimate of drug-likeness (QED) is 0.476. The van der Waals surface area contributed by atoms with Gasteiger partial charge in [-0.2, -0.15) is 0 Å². The van der Waals surface area contributed by atoms with Gasteiger partial charge in [-0.15, -0.1) is 0 Å². The molecule has 2 saturated heterocycles. The van der Waals surface area contributed by atoms with Crippen LogP contribution in [0.5, 0.6) is 5.75 Å². The van der Waals surface area contributed by atoms with E-state index in [1.807, 2.05) is 11.8 Å². The summed E-state index contributed by atoms with van der Waals surface area (Å²) in [6.45, 7) is 8.04. The maximum Gasteiger partial charge on any atom is 0.256 e. The first-order chi connectivity index (χ1) is 17.9. The van der Waals surface area contributed by atoms with Crippen molar-refractivity contribution in [2.24, 2.45) is 0 Å². The van der Waals surface area contributed by atoms with Gasteiger partial charge < -0.3 is 24.8 Å². The van der Waals surface area contributed by atoms with Gasteiger partial charge in [-0.05, 0) is 87.7 Å². The van der Waals surface area contributed by atoms with Gasteiger partial charge in [-0.1, -0.05) is 0 Å². The minimum Gasteiger partial charge on any atom is -0.494 e. The van der Waals surface area contributed by atoms with Crippen LogP contribution in [-0.4, -0.2) is 90.6 Å². The summed E-state index contributed by atoms with van der Waals surface area (Å²) in [6, 6.07) is 12.1. The zero-order valence-electron chi connectivity index (χ0n) is 21.4. The molecule has 2 aromatic rings. The zero-order chi connectivity index (χ0) is 26.4. The maximum atomic E-state index is 13.6. The summed E-state index contributed by atoms with van der Waals surface area (Å²) in [5, 5.41) is 3.16. The lowest BCUT2D eigenvalue weighted by molar-refractivity contribution is -0.124. The molecule has 0 bridgehead atoms. The third kappa shape index (κ3) is 6.82. The molecule has 8 nitrogen and oxygen atoms in total. The number of hydrogen-bond acceptors (Lipinski definition) is 6. The third-order valence-corrected chi connectivity index (χ3v) is 7.12. The highest BCUT2D eigenvalue weighted by molar-refractivity contribution is 7.80. The molecule has 2 aromatic carbocycles. The van der Waals surface area contributed by atoms with Gasteiger partial charge in [0.05, 0.1) is 18.7 Å². The number of amides is 2. The molecule has 198 valence electrons. The van der Waals surface area contributed by atoms with E-state index in [0.29, 0.717) is 35.4 Å². The van der Waals surface area contributed by atoms with Crippen molar-refractivity contribution in [1.29, 1.82) is 0 Å². The smallest absolute Gasteiger partial charge is 0.256 e. The van der Waals surface area contributed by atoms with Crippen LogP contribution in [0.3, 0.4) is 0 Å². The number of nitrogens with one attached hydrogen (secondary N) is 1. The highest BCUT2D eigenvalue weighted by atomic mass is 32.1. The van der Waals surface area contributed by atoms with Crippen LogP contribution in [0.4, 0.5) is 15.8 Å². The highest BCUT2D eigenvalue weighted by Gasteiger charge is 2.43. The van der Waals surface area contributed by atoms with Gasteiger partial charge in [0, 0.05) is 38.4 Å². The number of anilines is 2. The maximum absolute atomic E-state index is 13.6. The zero-order valence-corrected chi connectivity index (χ0v) is 22.2. The number of halogens is 1. The normalized spacial score (nSPS) is 18.9. The lowest BCUT2D eigenvalue weighted by Crippen LogP contribution is -2.45. The topological polar surface area (TPSA) is 68.4 Å². The van der Waals surface area contributed by atoms with E-state index >= 15 is 0 Å². The Kier molecular flexibility index (Phi) is 9.07. The summed E-state index contributed by atoms with van der Waals surface area (Å²) in [5.74, 6) is -0.233. The van der Waals surface area contributed by atoms with E-state index in [9.17, 15) is 14.0 Å². The molecule has 2 aliphatic rings. The molecule has 2 amide bonds. The van der Waals surface area contributed by atoms with Crippen molar-refractivity contribution in [3.63, 3.8) is 0 Å². The van der Waals surface area contributed by atoms with Crippen LogP contribution in [0.1, 0.15) is 19.8 Å². The van der Waals surface area contributed by atoms with Crippen LogP contribution in [0, 0.1) is 5.82 Å². The van der Waals surface area contributed by atoms with Crippen molar-refractivity contribution in [2.75, 3.05) is 63.1 Å². The summed E-state index contributed by atoms with van der Waals surface area (Å²) < 4.78 is 18.8. The summed E-state index contributed by atoms with van der Waals surface area (Å²) in [5.41, 5.74) is 1.12. The van der Waals surface area contributed by atoms with E-state index in [1.165, 1.54) is 29.2 Å². The molecule has 0 aliphatic carbocycles. The fraction of sp³-hybridized carbons (Fsp3) is 0.444. The van der Waals surface area contributed by atoms with Gasteiger partial charge in [0.2, 0.25) is 5.91 Å².